The van der Waals surface area contributed by atoms with Crippen molar-refractivity contribution >= 4 is 16.5 Å². The van der Waals surface area contributed by atoms with Gasteiger partial charge in [-0.25, -0.2) is 0 Å². The molecule has 96 valence electrons. The number of pyridine rings is 1. The third kappa shape index (κ3) is 2.79. The van der Waals surface area contributed by atoms with Crippen LogP contribution in [0, 0.1) is 11.8 Å². The van der Waals surface area contributed by atoms with E-state index in [-0.39, 0.29) is 0 Å². The topological polar surface area (TPSA) is 50.9 Å². The first kappa shape index (κ1) is 12.8. The van der Waals surface area contributed by atoms with E-state index in [2.05, 4.69) is 42.3 Å². The maximum Gasteiger partial charge on any atom is 0.0421 e. The van der Waals surface area contributed by atoms with Crippen LogP contribution in [0.3, 0.4) is 0 Å². The van der Waals surface area contributed by atoms with Gasteiger partial charge in [-0.15, -0.1) is 0 Å². The second kappa shape index (κ2) is 5.83. The number of benzene rings is 1. The molecule has 0 radical (unpaired) electrons. The normalized spacial score (nSPS) is 12.9. The molecule has 3 N–H and O–H groups in total. The zero-order valence-electron chi connectivity index (χ0n) is 11.1. The van der Waals surface area contributed by atoms with Gasteiger partial charge in [0.2, 0.25) is 0 Å². The highest BCUT2D eigenvalue weighted by Crippen LogP contribution is 2.22. The Morgan fingerprint density at radius 3 is 2.83 bits per heavy atom. The summed E-state index contributed by atoms with van der Waals surface area (Å²) < 4.78 is 0. The summed E-state index contributed by atoms with van der Waals surface area (Å²) in [5, 5.41) is 5.89. The van der Waals surface area contributed by atoms with Crippen molar-refractivity contribution in [2.75, 3.05) is 18.4 Å². The minimum atomic E-state index is 0.502. The lowest BCUT2D eigenvalue weighted by atomic mass is 9.96. The summed E-state index contributed by atoms with van der Waals surface area (Å²) in [5.41, 5.74) is 6.96. The molecule has 0 bridgehead atoms. The Morgan fingerprint density at radius 1 is 1.28 bits per heavy atom. The predicted octanol–water partition coefficient (Wildman–Crippen LogP) is 2.88. The smallest absolute Gasteiger partial charge is 0.0421 e. The van der Waals surface area contributed by atoms with Gasteiger partial charge < -0.3 is 11.1 Å². The van der Waals surface area contributed by atoms with Crippen molar-refractivity contribution in [3.8, 4) is 0 Å². The van der Waals surface area contributed by atoms with Gasteiger partial charge in [0.15, 0.2) is 0 Å². The molecule has 0 aliphatic heterocycles. The minimum Gasteiger partial charge on any atom is -0.384 e. The van der Waals surface area contributed by atoms with Gasteiger partial charge in [0.1, 0.15) is 0 Å². The first-order chi connectivity index (χ1) is 8.72. The van der Waals surface area contributed by atoms with E-state index in [0.29, 0.717) is 11.8 Å². The number of hydrogen-bond donors (Lipinski definition) is 2. The van der Waals surface area contributed by atoms with Crippen molar-refractivity contribution in [3.63, 3.8) is 0 Å². The third-order valence-corrected chi connectivity index (χ3v) is 3.48. The maximum atomic E-state index is 5.80. The van der Waals surface area contributed by atoms with Crippen LogP contribution in [0.5, 0.6) is 0 Å². The maximum absolute atomic E-state index is 5.80. The third-order valence-electron chi connectivity index (χ3n) is 3.48. The molecule has 1 aromatic carbocycles. The van der Waals surface area contributed by atoms with Crippen molar-refractivity contribution in [1.29, 1.82) is 0 Å². The summed E-state index contributed by atoms with van der Waals surface area (Å²) in [7, 11) is 0. The van der Waals surface area contributed by atoms with Crippen LogP contribution in [0.1, 0.15) is 13.8 Å². The molecule has 1 unspecified atom stereocenters. The summed E-state index contributed by atoms with van der Waals surface area (Å²) in [6.07, 6.45) is 3.72. The summed E-state index contributed by atoms with van der Waals surface area (Å²) in [4.78, 5) is 4.15. The molecule has 0 fully saturated rings. The summed E-state index contributed by atoms with van der Waals surface area (Å²) >= 11 is 0. The fraction of sp³-hybridized carbons (Fsp3) is 0.400. The van der Waals surface area contributed by atoms with Crippen molar-refractivity contribution in [2.24, 2.45) is 17.6 Å². The SMILES string of the molecule is CC(C)C(CN)CNc1cccc2cnccc12. The fourth-order valence-electron chi connectivity index (χ4n) is 2.11. The van der Waals surface area contributed by atoms with Crippen LogP contribution in [0.4, 0.5) is 5.69 Å². The van der Waals surface area contributed by atoms with Gasteiger partial charge >= 0.3 is 0 Å². The number of nitrogens with zero attached hydrogens (tertiary/aromatic N) is 1. The van der Waals surface area contributed by atoms with Gasteiger partial charge in [0.05, 0.1) is 0 Å². The largest absolute Gasteiger partial charge is 0.384 e. The number of aromatic nitrogens is 1. The fourth-order valence-corrected chi connectivity index (χ4v) is 2.11. The van der Waals surface area contributed by atoms with Crippen LogP contribution in [-0.2, 0) is 0 Å². The Balaban J connectivity index is 2.17. The summed E-state index contributed by atoms with van der Waals surface area (Å²) in [6, 6.07) is 8.29. The average molecular weight is 243 g/mol. The molecule has 0 saturated carbocycles. The molecule has 3 nitrogen and oxygen atoms in total. The quantitative estimate of drug-likeness (QED) is 0.849. The first-order valence-electron chi connectivity index (χ1n) is 6.49. The Hall–Kier alpha value is -1.61. The molecule has 1 aromatic heterocycles. The van der Waals surface area contributed by atoms with Crippen molar-refractivity contribution in [2.45, 2.75) is 13.8 Å². The molecule has 3 heteroatoms. The Labute approximate surface area is 108 Å². The van der Waals surface area contributed by atoms with Gasteiger partial charge in [0.25, 0.3) is 0 Å². The molecule has 2 aromatic rings. The second-order valence-corrected chi connectivity index (χ2v) is 5.02. The zero-order valence-corrected chi connectivity index (χ0v) is 11.1. The number of hydrogen-bond acceptors (Lipinski definition) is 3. The van der Waals surface area contributed by atoms with Gasteiger partial charge in [0, 0.05) is 35.4 Å². The summed E-state index contributed by atoms with van der Waals surface area (Å²) in [5.74, 6) is 1.10. The summed E-state index contributed by atoms with van der Waals surface area (Å²) in [6.45, 7) is 6.06. The minimum absolute atomic E-state index is 0.502. The van der Waals surface area contributed by atoms with Crippen LogP contribution in [-0.4, -0.2) is 18.1 Å². The van der Waals surface area contributed by atoms with Crippen LogP contribution >= 0.6 is 0 Å². The van der Waals surface area contributed by atoms with Crippen LogP contribution in [0.15, 0.2) is 36.7 Å². The van der Waals surface area contributed by atoms with E-state index in [1.165, 1.54) is 5.39 Å². The number of nitrogens with one attached hydrogen (secondary N) is 1. The molecule has 18 heavy (non-hydrogen) atoms. The molecule has 1 atom stereocenters. The van der Waals surface area contributed by atoms with Gasteiger partial charge in [-0.2, -0.15) is 0 Å². The lowest BCUT2D eigenvalue weighted by Gasteiger charge is -2.20. The van der Waals surface area contributed by atoms with Crippen molar-refractivity contribution in [3.05, 3.63) is 36.7 Å². The van der Waals surface area contributed by atoms with E-state index in [1.54, 1.807) is 0 Å². The van der Waals surface area contributed by atoms with E-state index in [1.807, 2.05) is 18.5 Å². The monoisotopic (exact) mass is 243 g/mol. The van der Waals surface area contributed by atoms with Crippen LogP contribution in [0.25, 0.3) is 10.8 Å². The van der Waals surface area contributed by atoms with Crippen molar-refractivity contribution < 1.29 is 0 Å². The number of rotatable bonds is 5. The number of fused-ring (bicyclic) bond motifs is 1. The lowest BCUT2D eigenvalue weighted by molar-refractivity contribution is 0.413. The molecule has 2 rings (SSSR count). The van der Waals surface area contributed by atoms with Crippen LogP contribution in [0.2, 0.25) is 0 Å². The number of anilines is 1. The highest BCUT2D eigenvalue weighted by Gasteiger charge is 2.11. The Morgan fingerprint density at radius 2 is 2.11 bits per heavy atom. The highest BCUT2D eigenvalue weighted by atomic mass is 14.9. The van der Waals surface area contributed by atoms with Crippen LogP contribution < -0.4 is 11.1 Å². The zero-order chi connectivity index (χ0) is 13.0. The van der Waals surface area contributed by atoms with E-state index >= 15 is 0 Å². The average Bonchev–Trinajstić information content (AvgIpc) is 2.39. The molecule has 0 aliphatic rings. The molecule has 1 heterocycles. The molecule has 0 amide bonds. The molecule has 0 saturated heterocycles. The van der Waals surface area contributed by atoms with Gasteiger partial charge in [-0.1, -0.05) is 26.0 Å². The predicted molar refractivity (Wildman–Crippen MR) is 77.6 cm³/mol. The first-order valence-corrected chi connectivity index (χ1v) is 6.49. The Kier molecular flexibility index (Phi) is 4.15. The van der Waals surface area contributed by atoms with E-state index in [4.69, 9.17) is 5.73 Å². The van der Waals surface area contributed by atoms with Gasteiger partial charge in [-0.05, 0) is 30.5 Å². The number of nitrogens with two attached hydrogens (primary N) is 1. The highest BCUT2D eigenvalue weighted by molar-refractivity contribution is 5.93. The molecular weight excluding hydrogens is 222 g/mol. The van der Waals surface area contributed by atoms with E-state index < -0.39 is 0 Å². The molecule has 0 spiro atoms. The molecular formula is C15H21N3. The second-order valence-electron chi connectivity index (χ2n) is 5.02. The van der Waals surface area contributed by atoms with E-state index in [9.17, 15) is 0 Å². The standard InChI is InChI=1S/C15H21N3/c1-11(2)13(8-16)10-18-15-5-3-4-12-9-17-7-6-14(12)15/h3-7,9,11,13,18H,8,10,16H2,1-2H3. The van der Waals surface area contributed by atoms with E-state index in [0.717, 1.165) is 24.2 Å². The Bertz CT molecular complexity index is 503. The van der Waals surface area contributed by atoms with Crippen molar-refractivity contribution in [1.82, 2.24) is 4.98 Å². The van der Waals surface area contributed by atoms with Gasteiger partial charge in [-0.3, -0.25) is 4.98 Å². The lowest BCUT2D eigenvalue weighted by Crippen LogP contribution is -2.27. The molecule has 0 aliphatic carbocycles.